The quantitative estimate of drug-likeness (QED) is 0.657. The van der Waals surface area contributed by atoms with Crippen molar-refractivity contribution < 1.29 is 9.32 Å². The number of nitrogens with zero attached hydrogens (tertiary/aromatic N) is 5. The van der Waals surface area contributed by atoms with Gasteiger partial charge in [-0.05, 0) is 44.7 Å². The van der Waals surface area contributed by atoms with Crippen LogP contribution in [0.4, 0.5) is 0 Å². The predicted octanol–water partition coefficient (Wildman–Crippen LogP) is 3.29. The van der Waals surface area contributed by atoms with Crippen molar-refractivity contribution in [2.45, 2.75) is 33.2 Å². The Bertz CT molecular complexity index is 977. The van der Waals surface area contributed by atoms with Crippen molar-refractivity contribution in [1.82, 2.24) is 24.8 Å². The Kier molecular flexibility index (Phi) is 5.17. The molecular formula is C20H22ClN5O2. The van der Waals surface area contributed by atoms with Crippen molar-refractivity contribution in [3.05, 3.63) is 52.8 Å². The molecule has 4 rings (SSSR count). The fraction of sp³-hybridized carbons (Fsp3) is 0.400. The van der Waals surface area contributed by atoms with Crippen molar-refractivity contribution in [3.63, 3.8) is 0 Å². The summed E-state index contributed by atoms with van der Waals surface area (Å²) in [5.74, 6) is 1.25. The molecule has 0 bridgehead atoms. The Balaban J connectivity index is 1.39. The van der Waals surface area contributed by atoms with Crippen LogP contribution in [0.1, 0.15) is 23.6 Å². The summed E-state index contributed by atoms with van der Waals surface area (Å²) >= 11 is 5.86. The van der Waals surface area contributed by atoms with Gasteiger partial charge in [-0.2, -0.15) is 5.10 Å². The number of amides is 1. The van der Waals surface area contributed by atoms with Crippen LogP contribution < -0.4 is 0 Å². The van der Waals surface area contributed by atoms with Crippen LogP contribution in [0.15, 0.2) is 35.1 Å². The van der Waals surface area contributed by atoms with Crippen molar-refractivity contribution >= 4 is 17.5 Å². The number of hydrogen-bond acceptors (Lipinski definition) is 5. The highest BCUT2D eigenvalue weighted by Gasteiger charge is 2.27. The van der Waals surface area contributed by atoms with E-state index in [1.165, 1.54) is 0 Å². The van der Waals surface area contributed by atoms with E-state index in [9.17, 15) is 4.79 Å². The minimum atomic E-state index is 0.0692. The van der Waals surface area contributed by atoms with Crippen LogP contribution in [0, 0.1) is 19.8 Å². The minimum absolute atomic E-state index is 0.0692. The van der Waals surface area contributed by atoms with Crippen molar-refractivity contribution in [2.75, 3.05) is 13.1 Å². The number of rotatable bonds is 5. The molecule has 0 radical (unpaired) electrons. The molecule has 0 spiro atoms. The van der Waals surface area contributed by atoms with Crippen molar-refractivity contribution in [2.24, 2.45) is 5.92 Å². The van der Waals surface area contributed by atoms with Crippen LogP contribution in [0.25, 0.3) is 11.3 Å². The average Bonchev–Trinajstić information content (AvgIpc) is 3.37. The van der Waals surface area contributed by atoms with E-state index in [4.69, 9.17) is 21.1 Å². The predicted molar refractivity (Wildman–Crippen MR) is 105 cm³/mol. The summed E-state index contributed by atoms with van der Waals surface area (Å²) in [5.41, 5.74) is 3.72. The van der Waals surface area contributed by atoms with Crippen molar-refractivity contribution in [1.29, 1.82) is 0 Å². The molecule has 0 unspecified atom stereocenters. The summed E-state index contributed by atoms with van der Waals surface area (Å²) in [6.07, 6.45) is 5.02. The smallest absolute Gasteiger partial charge is 0.244 e. The number of aromatic nitrogens is 4. The fourth-order valence-corrected chi connectivity index (χ4v) is 3.92. The summed E-state index contributed by atoms with van der Waals surface area (Å²) in [7, 11) is 0. The highest BCUT2D eigenvalue weighted by atomic mass is 35.5. The standard InChI is InChI=1S/C20H22ClN5O2/c1-13-20(14(2)28-24-13)18-5-3-4-17(23-18)8-15-6-7-25(10-15)19(27)12-26-11-16(21)9-22-26/h3-5,9,11,15H,6-8,10,12H2,1-2H3/t15-/m0/s1. The second-order valence-electron chi connectivity index (χ2n) is 7.27. The first-order valence-corrected chi connectivity index (χ1v) is 9.72. The van der Waals surface area contributed by atoms with Gasteiger partial charge < -0.3 is 9.42 Å². The van der Waals surface area contributed by atoms with Gasteiger partial charge in [-0.1, -0.05) is 22.8 Å². The van der Waals surface area contributed by atoms with E-state index in [-0.39, 0.29) is 12.5 Å². The molecule has 1 atom stereocenters. The Hall–Kier alpha value is -2.67. The Labute approximate surface area is 168 Å². The molecule has 1 fully saturated rings. The molecule has 3 aromatic heterocycles. The molecule has 0 aliphatic carbocycles. The zero-order valence-corrected chi connectivity index (χ0v) is 16.7. The van der Waals surface area contributed by atoms with Gasteiger partial charge in [-0.25, -0.2) is 0 Å². The topological polar surface area (TPSA) is 77.0 Å². The third kappa shape index (κ3) is 3.94. The van der Waals surface area contributed by atoms with Crippen LogP contribution in [0.5, 0.6) is 0 Å². The van der Waals surface area contributed by atoms with Crippen molar-refractivity contribution in [3.8, 4) is 11.3 Å². The number of hydrogen-bond donors (Lipinski definition) is 0. The summed E-state index contributed by atoms with van der Waals surface area (Å²) in [6, 6.07) is 6.04. The van der Waals surface area contributed by atoms with E-state index in [1.807, 2.05) is 36.9 Å². The zero-order chi connectivity index (χ0) is 19.7. The lowest BCUT2D eigenvalue weighted by Crippen LogP contribution is -2.32. The molecule has 7 nitrogen and oxygen atoms in total. The van der Waals surface area contributed by atoms with Gasteiger partial charge in [-0.15, -0.1) is 0 Å². The lowest BCUT2D eigenvalue weighted by atomic mass is 10.0. The normalized spacial score (nSPS) is 16.7. The molecule has 1 amide bonds. The van der Waals surface area contributed by atoms with E-state index in [0.717, 1.165) is 54.3 Å². The highest BCUT2D eigenvalue weighted by Crippen LogP contribution is 2.26. The first-order valence-electron chi connectivity index (χ1n) is 9.34. The van der Waals surface area contributed by atoms with Crippen LogP contribution in [-0.2, 0) is 17.8 Å². The number of pyridine rings is 1. The maximum absolute atomic E-state index is 12.5. The van der Waals surface area contributed by atoms with Gasteiger partial charge >= 0.3 is 0 Å². The number of aryl methyl sites for hydroxylation is 2. The second kappa shape index (κ2) is 7.75. The Morgan fingerprint density at radius 2 is 2.21 bits per heavy atom. The molecule has 3 aromatic rings. The van der Waals surface area contributed by atoms with Gasteiger partial charge in [0.2, 0.25) is 5.91 Å². The van der Waals surface area contributed by atoms with Gasteiger partial charge in [0.1, 0.15) is 12.3 Å². The Morgan fingerprint density at radius 1 is 1.36 bits per heavy atom. The summed E-state index contributed by atoms with van der Waals surface area (Å²) in [5, 5.41) is 8.63. The van der Waals surface area contributed by atoms with Crippen LogP contribution in [0.3, 0.4) is 0 Å². The molecule has 0 aromatic carbocycles. The van der Waals surface area contributed by atoms with Crippen LogP contribution >= 0.6 is 11.6 Å². The Morgan fingerprint density at radius 3 is 2.93 bits per heavy atom. The summed E-state index contributed by atoms with van der Waals surface area (Å²) < 4.78 is 6.84. The monoisotopic (exact) mass is 399 g/mol. The molecule has 8 heteroatoms. The lowest BCUT2D eigenvalue weighted by molar-refractivity contribution is -0.131. The molecule has 4 heterocycles. The van der Waals surface area contributed by atoms with E-state index < -0.39 is 0 Å². The van der Waals surface area contributed by atoms with E-state index >= 15 is 0 Å². The lowest BCUT2D eigenvalue weighted by Gasteiger charge is -2.16. The molecule has 0 saturated carbocycles. The van der Waals surface area contributed by atoms with Gasteiger partial charge in [0.25, 0.3) is 0 Å². The molecule has 146 valence electrons. The van der Waals surface area contributed by atoms with Crippen LogP contribution in [-0.4, -0.2) is 43.8 Å². The molecule has 28 heavy (non-hydrogen) atoms. The van der Waals surface area contributed by atoms with E-state index in [2.05, 4.69) is 10.3 Å². The third-order valence-corrected chi connectivity index (χ3v) is 5.33. The number of halogens is 1. The van der Waals surface area contributed by atoms with Gasteiger partial charge in [0.15, 0.2) is 0 Å². The minimum Gasteiger partial charge on any atom is -0.361 e. The largest absolute Gasteiger partial charge is 0.361 e. The second-order valence-corrected chi connectivity index (χ2v) is 7.70. The van der Waals surface area contributed by atoms with Gasteiger partial charge in [0, 0.05) is 25.0 Å². The zero-order valence-electron chi connectivity index (χ0n) is 15.9. The van der Waals surface area contributed by atoms with Gasteiger partial charge in [0.05, 0.1) is 28.2 Å². The van der Waals surface area contributed by atoms with E-state index in [0.29, 0.717) is 10.9 Å². The maximum Gasteiger partial charge on any atom is 0.244 e. The molecule has 0 N–H and O–H groups in total. The molecule has 1 saturated heterocycles. The summed E-state index contributed by atoms with van der Waals surface area (Å²) in [6.45, 7) is 5.55. The van der Waals surface area contributed by atoms with Gasteiger partial charge in [-0.3, -0.25) is 14.5 Å². The number of carbonyl (C=O) groups is 1. The van der Waals surface area contributed by atoms with E-state index in [1.54, 1.807) is 17.1 Å². The maximum atomic E-state index is 12.5. The molecule has 1 aliphatic rings. The van der Waals surface area contributed by atoms with Crippen LogP contribution in [0.2, 0.25) is 5.02 Å². The third-order valence-electron chi connectivity index (χ3n) is 5.13. The number of carbonyl (C=O) groups excluding carboxylic acids is 1. The highest BCUT2D eigenvalue weighted by molar-refractivity contribution is 6.30. The first-order chi connectivity index (χ1) is 13.5. The fourth-order valence-electron chi connectivity index (χ4n) is 3.77. The molecular weight excluding hydrogens is 378 g/mol. The molecule has 1 aliphatic heterocycles. The first kappa shape index (κ1) is 18.7. The average molecular weight is 400 g/mol. The SMILES string of the molecule is Cc1noc(C)c1-c1cccc(C[C@@H]2CCN(C(=O)Cn3cc(Cl)cn3)C2)n1. The summed E-state index contributed by atoms with van der Waals surface area (Å²) in [4.78, 5) is 19.2. The number of likely N-dealkylation sites (tertiary alicyclic amines) is 1.